The number of hydrogen-bond acceptors (Lipinski definition) is 3. The van der Waals surface area contributed by atoms with Crippen molar-refractivity contribution in [1.82, 2.24) is 0 Å². The number of carbonyl (C=O) groups is 1. The first-order valence-electron chi connectivity index (χ1n) is 2.60. The molecule has 0 fully saturated rings. The zero-order valence-electron chi connectivity index (χ0n) is 4.70. The molecule has 4 heteroatoms. The largest absolute Gasteiger partial charge is 0.578 e. The number of aliphatic imine (C=N–C) groups is 1. The van der Waals surface area contributed by atoms with Gasteiger partial charge in [-0.15, -0.1) is 0 Å². The van der Waals surface area contributed by atoms with E-state index in [0.29, 0.717) is 6.42 Å². The Morgan fingerprint density at radius 1 is 1.89 bits per heavy atom. The fourth-order valence-electron chi connectivity index (χ4n) is 0.557. The van der Waals surface area contributed by atoms with Crippen LogP contribution in [0.4, 0.5) is 0 Å². The van der Waals surface area contributed by atoms with E-state index in [1.807, 2.05) is 0 Å². The van der Waals surface area contributed by atoms with Crippen LogP contribution in [0, 0.1) is 0 Å². The van der Waals surface area contributed by atoms with Crippen molar-refractivity contribution in [1.29, 1.82) is 0 Å². The van der Waals surface area contributed by atoms with Crippen molar-refractivity contribution in [2.75, 3.05) is 6.61 Å². The highest BCUT2D eigenvalue weighted by Gasteiger charge is 2.10. The molecule has 0 aromatic rings. The number of hydrogen-bond donors (Lipinski definition) is 1. The zero-order valence-corrected chi connectivity index (χ0v) is 4.70. The van der Waals surface area contributed by atoms with Crippen molar-refractivity contribution in [3.05, 3.63) is 0 Å². The molecule has 9 heavy (non-hydrogen) atoms. The van der Waals surface area contributed by atoms with E-state index in [2.05, 4.69) is 16.1 Å². The molecule has 1 N–H and O–H groups in total. The molecule has 1 aliphatic heterocycles. The lowest BCUT2D eigenvalue weighted by Crippen LogP contribution is -2.17. The lowest BCUT2D eigenvalue weighted by molar-refractivity contribution is -0.123. The Hall–Kier alpha value is -0.900. The standard InChI is InChI=1S/C5H6NO3/c7-2-1-4-5(8)6-3-9-4/h4,7H,1-2H2/q-1. The second kappa shape index (κ2) is 2.59. The number of carbonyl (C=O) groups excluding carboxylic acids is 1. The first kappa shape index (κ1) is 6.22. The Labute approximate surface area is 52.2 Å². The minimum Gasteiger partial charge on any atom is -0.578 e. The summed E-state index contributed by atoms with van der Waals surface area (Å²) in [6.07, 6.45) is 1.78. The van der Waals surface area contributed by atoms with Gasteiger partial charge in [0.25, 0.3) is 0 Å². The van der Waals surface area contributed by atoms with E-state index >= 15 is 0 Å². The molecule has 0 aliphatic carbocycles. The van der Waals surface area contributed by atoms with Gasteiger partial charge in [-0.25, -0.2) is 0 Å². The Morgan fingerprint density at radius 2 is 2.67 bits per heavy atom. The fraction of sp³-hybridized carbons (Fsp3) is 0.600. The van der Waals surface area contributed by atoms with Gasteiger partial charge in [0, 0.05) is 13.0 Å². The van der Waals surface area contributed by atoms with Crippen LogP contribution in [0.25, 0.3) is 0 Å². The predicted molar refractivity (Wildman–Crippen MR) is 29.0 cm³/mol. The molecule has 0 aromatic carbocycles. The molecule has 0 saturated heterocycles. The van der Waals surface area contributed by atoms with Gasteiger partial charge in [-0.2, -0.15) is 0 Å². The third-order valence-corrected chi connectivity index (χ3v) is 1.02. The summed E-state index contributed by atoms with van der Waals surface area (Å²) in [5, 5.41) is 8.34. The van der Waals surface area contributed by atoms with Gasteiger partial charge in [0.1, 0.15) is 5.91 Å². The summed E-state index contributed by atoms with van der Waals surface area (Å²) in [7, 11) is 0. The van der Waals surface area contributed by atoms with E-state index in [4.69, 9.17) is 5.11 Å². The van der Waals surface area contributed by atoms with E-state index in [0.717, 1.165) is 0 Å². The molecule has 50 valence electrons. The SMILES string of the molecule is O=C1N=[C-]OC1CCO. The van der Waals surface area contributed by atoms with E-state index in [1.165, 1.54) is 0 Å². The predicted octanol–water partition coefficient (Wildman–Crippen LogP) is -0.800. The van der Waals surface area contributed by atoms with Gasteiger partial charge in [-0.3, -0.25) is 0 Å². The number of rotatable bonds is 2. The number of amides is 1. The topological polar surface area (TPSA) is 58.9 Å². The van der Waals surface area contributed by atoms with Gasteiger partial charge in [0.2, 0.25) is 0 Å². The van der Waals surface area contributed by atoms with Crippen molar-refractivity contribution in [2.45, 2.75) is 12.5 Å². The van der Waals surface area contributed by atoms with Crippen LogP contribution in [-0.4, -0.2) is 30.1 Å². The summed E-state index contributed by atoms with van der Waals surface area (Å²) in [6, 6.07) is 0. The highest BCUT2D eigenvalue weighted by Crippen LogP contribution is 2.04. The molecule has 0 aromatic heterocycles. The van der Waals surface area contributed by atoms with Crippen LogP contribution >= 0.6 is 0 Å². The molecule has 0 spiro atoms. The maximum Gasteiger partial charge on any atom is 0.128 e. The van der Waals surface area contributed by atoms with Crippen molar-refractivity contribution in [2.24, 2.45) is 4.99 Å². The summed E-state index contributed by atoms with van der Waals surface area (Å²) in [6.45, 7) is -0.0619. The van der Waals surface area contributed by atoms with Gasteiger partial charge < -0.3 is 19.6 Å². The fourth-order valence-corrected chi connectivity index (χ4v) is 0.557. The lowest BCUT2D eigenvalue weighted by atomic mass is 10.2. The van der Waals surface area contributed by atoms with Crippen LogP contribution in [0.2, 0.25) is 0 Å². The van der Waals surface area contributed by atoms with Crippen molar-refractivity contribution < 1.29 is 14.6 Å². The van der Waals surface area contributed by atoms with Crippen LogP contribution in [0.3, 0.4) is 0 Å². The first-order valence-corrected chi connectivity index (χ1v) is 2.60. The molecule has 1 aliphatic rings. The lowest BCUT2D eigenvalue weighted by Gasteiger charge is -2.10. The number of aliphatic hydroxyl groups excluding tert-OH is 1. The minimum absolute atomic E-state index is 0.0619. The van der Waals surface area contributed by atoms with E-state index in [9.17, 15) is 4.79 Å². The highest BCUT2D eigenvalue weighted by atomic mass is 16.5. The highest BCUT2D eigenvalue weighted by molar-refractivity contribution is 5.91. The second-order valence-corrected chi connectivity index (χ2v) is 1.66. The van der Waals surface area contributed by atoms with Gasteiger partial charge in [-0.1, -0.05) is 0 Å². The van der Waals surface area contributed by atoms with Gasteiger partial charge in [-0.05, 0) is 6.42 Å². The van der Waals surface area contributed by atoms with Crippen LogP contribution in [0.15, 0.2) is 4.99 Å². The smallest absolute Gasteiger partial charge is 0.128 e. The van der Waals surface area contributed by atoms with E-state index in [-0.39, 0.29) is 12.5 Å². The van der Waals surface area contributed by atoms with Crippen LogP contribution < -0.4 is 0 Å². The average molecular weight is 128 g/mol. The Morgan fingerprint density at radius 3 is 3.11 bits per heavy atom. The summed E-state index contributed by atoms with van der Waals surface area (Å²) in [5.74, 6) is -0.357. The molecule has 0 saturated carbocycles. The summed E-state index contributed by atoms with van der Waals surface area (Å²) in [4.78, 5) is 13.7. The summed E-state index contributed by atoms with van der Waals surface area (Å²) >= 11 is 0. The molecule has 1 atom stereocenters. The van der Waals surface area contributed by atoms with E-state index in [1.54, 1.807) is 0 Å². The van der Waals surface area contributed by atoms with Crippen LogP contribution in [0.1, 0.15) is 6.42 Å². The number of nitrogens with zero attached hydrogens (tertiary/aromatic N) is 1. The second-order valence-electron chi connectivity index (χ2n) is 1.66. The molecule has 0 radical (unpaired) electrons. The third kappa shape index (κ3) is 1.26. The van der Waals surface area contributed by atoms with Gasteiger partial charge in [0.05, 0.1) is 6.10 Å². The molecular weight excluding hydrogens is 122 g/mol. The molecule has 4 nitrogen and oxygen atoms in total. The first-order chi connectivity index (χ1) is 4.34. The Bertz CT molecular complexity index is 143. The zero-order chi connectivity index (χ0) is 6.69. The number of aliphatic hydroxyl groups is 1. The monoisotopic (exact) mass is 128 g/mol. The normalized spacial score (nSPS) is 24.6. The summed E-state index contributed by atoms with van der Waals surface area (Å²) < 4.78 is 4.58. The minimum atomic E-state index is -0.588. The molecular formula is C5H6NO3-. The van der Waals surface area contributed by atoms with Crippen LogP contribution in [0.5, 0.6) is 0 Å². The van der Waals surface area contributed by atoms with Gasteiger partial charge >= 0.3 is 0 Å². The van der Waals surface area contributed by atoms with E-state index < -0.39 is 6.10 Å². The van der Waals surface area contributed by atoms with Crippen molar-refractivity contribution >= 4 is 12.3 Å². The molecule has 1 heterocycles. The maximum absolute atomic E-state index is 10.5. The maximum atomic E-state index is 10.5. The van der Waals surface area contributed by atoms with Crippen LogP contribution in [-0.2, 0) is 9.53 Å². The van der Waals surface area contributed by atoms with Crippen molar-refractivity contribution in [3.8, 4) is 0 Å². The number of ether oxygens (including phenoxy) is 1. The molecule has 1 unspecified atom stereocenters. The summed E-state index contributed by atoms with van der Waals surface area (Å²) in [5.41, 5.74) is 0. The molecule has 1 rings (SSSR count). The molecule has 1 amide bonds. The quantitative estimate of drug-likeness (QED) is 0.495. The van der Waals surface area contributed by atoms with Crippen molar-refractivity contribution in [3.63, 3.8) is 0 Å². The molecule has 0 bridgehead atoms. The van der Waals surface area contributed by atoms with Gasteiger partial charge in [0.15, 0.2) is 0 Å². The third-order valence-electron chi connectivity index (χ3n) is 1.02. The Kier molecular flexibility index (Phi) is 1.79. The Balaban J connectivity index is 2.37. The average Bonchev–Trinajstić information content (AvgIpc) is 2.18.